The number of fused-ring (bicyclic) bond motifs is 3. The fraction of sp³-hybridized carbons (Fsp3) is 0.565. The van der Waals surface area contributed by atoms with Crippen molar-refractivity contribution in [3.63, 3.8) is 0 Å². The molecule has 1 aromatic heterocycles. The highest BCUT2D eigenvalue weighted by molar-refractivity contribution is 5.97. The number of hydrogen-bond donors (Lipinski definition) is 1. The number of aromatic amines is 1. The lowest BCUT2D eigenvalue weighted by atomic mass is 9.65. The number of carbonyl (C=O) groups is 1. The van der Waals surface area contributed by atoms with Crippen molar-refractivity contribution in [3.05, 3.63) is 45.2 Å². The molecule has 2 heterocycles. The molecule has 0 amide bonds. The van der Waals surface area contributed by atoms with Crippen LogP contribution in [0.3, 0.4) is 0 Å². The number of benzene rings is 1. The minimum Gasteiger partial charge on any atom is -0.358 e. The van der Waals surface area contributed by atoms with E-state index in [-0.39, 0.29) is 11.2 Å². The molecule has 4 rings (SSSR count). The van der Waals surface area contributed by atoms with Crippen LogP contribution in [0.1, 0.15) is 68.6 Å². The van der Waals surface area contributed by atoms with Crippen molar-refractivity contribution in [2.24, 2.45) is 10.8 Å². The second-order valence-electron chi connectivity index (χ2n) is 9.99. The van der Waals surface area contributed by atoms with Crippen molar-refractivity contribution in [3.8, 4) is 0 Å². The number of ketones is 1. The SMILES string of the molecule is CC(=O)c1ccc2[nH]c(C)c(CN3C[C@]4(C)C[C@@H]3CC(C)(C)C4)c(=O)c2c1. The first-order valence-electron chi connectivity index (χ1n) is 9.97. The molecular weight excluding hydrogens is 336 g/mol. The van der Waals surface area contributed by atoms with E-state index in [0.717, 1.165) is 23.3 Å². The molecule has 1 saturated heterocycles. The van der Waals surface area contributed by atoms with E-state index in [0.29, 0.717) is 34.4 Å². The number of hydrogen-bond acceptors (Lipinski definition) is 3. The Morgan fingerprint density at radius 2 is 2.00 bits per heavy atom. The summed E-state index contributed by atoms with van der Waals surface area (Å²) in [5.41, 5.74) is 3.97. The van der Waals surface area contributed by atoms with Gasteiger partial charge in [-0.2, -0.15) is 0 Å². The van der Waals surface area contributed by atoms with Crippen LogP contribution >= 0.6 is 0 Å². The highest BCUT2D eigenvalue weighted by atomic mass is 16.1. The highest BCUT2D eigenvalue weighted by Gasteiger charge is 2.49. The number of rotatable bonds is 3. The van der Waals surface area contributed by atoms with Crippen LogP contribution in [0.15, 0.2) is 23.0 Å². The number of nitrogens with zero attached hydrogens (tertiary/aromatic N) is 1. The lowest BCUT2D eigenvalue weighted by molar-refractivity contribution is 0.101. The van der Waals surface area contributed by atoms with Gasteiger partial charge in [0.2, 0.25) is 0 Å². The topological polar surface area (TPSA) is 53.2 Å². The summed E-state index contributed by atoms with van der Waals surface area (Å²) in [5, 5.41) is 0.622. The Morgan fingerprint density at radius 1 is 1.26 bits per heavy atom. The van der Waals surface area contributed by atoms with E-state index in [1.165, 1.54) is 26.2 Å². The van der Waals surface area contributed by atoms with Gasteiger partial charge in [0.25, 0.3) is 0 Å². The largest absolute Gasteiger partial charge is 0.358 e. The normalized spacial score (nSPS) is 27.2. The van der Waals surface area contributed by atoms with Crippen molar-refractivity contribution < 1.29 is 4.79 Å². The molecule has 1 saturated carbocycles. The fourth-order valence-corrected chi connectivity index (χ4v) is 5.83. The summed E-state index contributed by atoms with van der Waals surface area (Å²) >= 11 is 0. The highest BCUT2D eigenvalue weighted by Crippen LogP contribution is 2.52. The number of carbonyl (C=O) groups excluding carboxylic acids is 1. The van der Waals surface area contributed by atoms with Crippen LogP contribution in [0.4, 0.5) is 0 Å². The van der Waals surface area contributed by atoms with Gasteiger partial charge in [-0.1, -0.05) is 20.8 Å². The average Bonchev–Trinajstić information content (AvgIpc) is 2.79. The Labute approximate surface area is 161 Å². The summed E-state index contributed by atoms with van der Waals surface area (Å²) in [6, 6.07) is 5.92. The van der Waals surface area contributed by atoms with Gasteiger partial charge in [0.05, 0.1) is 0 Å². The van der Waals surface area contributed by atoms with Crippen molar-refractivity contribution in [2.75, 3.05) is 6.54 Å². The number of nitrogens with one attached hydrogen (secondary N) is 1. The fourth-order valence-electron chi connectivity index (χ4n) is 5.83. The summed E-state index contributed by atoms with van der Waals surface area (Å²) in [7, 11) is 0. The van der Waals surface area contributed by atoms with Crippen LogP contribution in [0.2, 0.25) is 0 Å². The first kappa shape index (κ1) is 18.4. The van der Waals surface area contributed by atoms with Gasteiger partial charge in [0.1, 0.15) is 0 Å². The molecule has 0 radical (unpaired) electrons. The molecule has 4 nitrogen and oxygen atoms in total. The lowest BCUT2D eigenvalue weighted by Crippen LogP contribution is -2.35. The van der Waals surface area contributed by atoms with Gasteiger partial charge >= 0.3 is 0 Å². The maximum atomic E-state index is 13.3. The van der Waals surface area contributed by atoms with E-state index in [2.05, 4.69) is 30.7 Å². The van der Waals surface area contributed by atoms with Gasteiger partial charge in [-0.15, -0.1) is 0 Å². The molecule has 2 atom stereocenters. The molecule has 4 heteroatoms. The standard InChI is InChI=1S/C23H30N2O2/c1-14-19(11-25-13-23(5)10-17(25)9-22(3,4)12-23)21(27)18-8-16(15(2)26)6-7-20(18)24-14/h6-8,17H,9-13H2,1-5H3,(H,24,27)/t17-,23+/m0/s1. The van der Waals surface area contributed by atoms with Crippen LogP contribution < -0.4 is 5.43 Å². The number of likely N-dealkylation sites (tertiary alicyclic amines) is 1. The minimum atomic E-state index is -0.0121. The van der Waals surface area contributed by atoms with Gasteiger partial charge < -0.3 is 4.98 Å². The van der Waals surface area contributed by atoms with E-state index in [9.17, 15) is 9.59 Å². The third-order valence-electron chi connectivity index (χ3n) is 6.60. The Kier molecular flexibility index (Phi) is 4.12. The predicted octanol–water partition coefficient (Wildman–Crippen LogP) is 4.44. The second kappa shape index (κ2) is 6.03. The number of pyridine rings is 1. The first-order chi connectivity index (χ1) is 12.6. The van der Waals surface area contributed by atoms with Crippen LogP contribution in [-0.4, -0.2) is 28.3 Å². The molecule has 2 aliphatic rings. The summed E-state index contributed by atoms with van der Waals surface area (Å²) in [6.45, 7) is 12.4. The van der Waals surface area contributed by atoms with Crippen LogP contribution in [0.25, 0.3) is 10.9 Å². The van der Waals surface area contributed by atoms with E-state index >= 15 is 0 Å². The Balaban J connectivity index is 1.72. The van der Waals surface area contributed by atoms with E-state index < -0.39 is 0 Å². The number of aryl methyl sites for hydroxylation is 1. The number of aromatic nitrogens is 1. The van der Waals surface area contributed by atoms with Crippen LogP contribution in [0, 0.1) is 17.8 Å². The summed E-state index contributed by atoms with van der Waals surface area (Å²) in [4.78, 5) is 30.9. The Bertz CT molecular complexity index is 988. The zero-order chi connectivity index (χ0) is 19.6. The minimum absolute atomic E-state index is 0.0121. The molecule has 2 bridgehead atoms. The van der Waals surface area contributed by atoms with Crippen molar-refractivity contribution in [1.82, 2.24) is 9.88 Å². The maximum Gasteiger partial charge on any atom is 0.194 e. The lowest BCUT2D eigenvalue weighted by Gasteiger charge is -2.40. The molecule has 2 aromatic rings. The zero-order valence-corrected chi connectivity index (χ0v) is 17.1. The second-order valence-corrected chi connectivity index (χ2v) is 9.99. The van der Waals surface area contributed by atoms with Gasteiger partial charge in [-0.25, -0.2) is 0 Å². The summed E-state index contributed by atoms with van der Waals surface area (Å²) in [5.74, 6) is -0.0121. The number of Topliss-reactive ketones (excluding diaryl/α,β-unsaturated/α-hetero) is 1. The molecule has 1 N–H and O–H groups in total. The summed E-state index contributed by atoms with van der Waals surface area (Å²) in [6.07, 6.45) is 3.68. The van der Waals surface area contributed by atoms with Gasteiger partial charge in [-0.05, 0) is 62.1 Å². The monoisotopic (exact) mass is 366 g/mol. The van der Waals surface area contributed by atoms with Gasteiger partial charge in [0, 0.05) is 46.9 Å². The van der Waals surface area contributed by atoms with Crippen molar-refractivity contribution in [1.29, 1.82) is 0 Å². The summed E-state index contributed by atoms with van der Waals surface area (Å²) < 4.78 is 0. The predicted molar refractivity (Wildman–Crippen MR) is 109 cm³/mol. The van der Waals surface area contributed by atoms with Crippen molar-refractivity contribution in [2.45, 2.75) is 66.5 Å². The molecule has 27 heavy (non-hydrogen) atoms. The molecule has 1 aliphatic carbocycles. The van der Waals surface area contributed by atoms with E-state index in [4.69, 9.17) is 0 Å². The van der Waals surface area contributed by atoms with Gasteiger partial charge in [0.15, 0.2) is 11.2 Å². The third kappa shape index (κ3) is 3.25. The molecular formula is C23H30N2O2. The van der Waals surface area contributed by atoms with Crippen molar-refractivity contribution >= 4 is 16.7 Å². The number of H-pyrrole nitrogens is 1. The smallest absolute Gasteiger partial charge is 0.194 e. The quantitative estimate of drug-likeness (QED) is 0.817. The molecule has 144 valence electrons. The third-order valence-corrected chi connectivity index (χ3v) is 6.60. The molecule has 2 fully saturated rings. The molecule has 0 spiro atoms. The average molecular weight is 367 g/mol. The van der Waals surface area contributed by atoms with Crippen LogP contribution in [-0.2, 0) is 6.54 Å². The zero-order valence-electron chi connectivity index (χ0n) is 17.1. The van der Waals surface area contributed by atoms with E-state index in [1.807, 2.05) is 13.0 Å². The maximum absolute atomic E-state index is 13.3. The molecule has 1 aromatic carbocycles. The Morgan fingerprint density at radius 3 is 2.70 bits per heavy atom. The Hall–Kier alpha value is -1.94. The molecule has 0 unspecified atom stereocenters. The molecule has 1 aliphatic heterocycles. The van der Waals surface area contributed by atoms with E-state index in [1.54, 1.807) is 12.1 Å². The van der Waals surface area contributed by atoms with Gasteiger partial charge in [-0.3, -0.25) is 14.5 Å². The first-order valence-corrected chi connectivity index (χ1v) is 9.97. The van der Waals surface area contributed by atoms with Crippen LogP contribution in [0.5, 0.6) is 0 Å².